The maximum absolute atomic E-state index is 4.41. The summed E-state index contributed by atoms with van der Waals surface area (Å²) in [6.07, 6.45) is 1.76. The monoisotopic (exact) mass is 328 g/mol. The molecule has 0 bridgehead atoms. The minimum absolute atomic E-state index is 0.499. The van der Waals surface area contributed by atoms with Gasteiger partial charge in [0.1, 0.15) is 5.82 Å². The summed E-state index contributed by atoms with van der Waals surface area (Å²) in [5, 5.41) is 6.35. The molecule has 1 aromatic rings. The molecule has 2 N–H and O–H groups in total. The van der Waals surface area contributed by atoms with Crippen LogP contribution in [0.5, 0.6) is 0 Å². The van der Waals surface area contributed by atoms with Gasteiger partial charge in [0.15, 0.2) is 0 Å². The summed E-state index contributed by atoms with van der Waals surface area (Å²) < 4.78 is 0.887. The van der Waals surface area contributed by atoms with Crippen LogP contribution >= 0.6 is 15.9 Å². The molecule has 0 amide bonds. The normalized spacial score (nSPS) is 21.4. The second-order valence-electron chi connectivity index (χ2n) is 4.92. The van der Waals surface area contributed by atoms with Gasteiger partial charge in [0.25, 0.3) is 0 Å². The molecule has 7 heteroatoms. The van der Waals surface area contributed by atoms with E-state index in [1.807, 2.05) is 7.05 Å². The third-order valence-corrected chi connectivity index (χ3v) is 4.03. The third kappa shape index (κ3) is 3.77. The summed E-state index contributed by atoms with van der Waals surface area (Å²) >= 11 is 3.47. The molecule has 106 valence electrons. The van der Waals surface area contributed by atoms with Crippen molar-refractivity contribution in [3.05, 3.63) is 10.7 Å². The number of hydrogen-bond donors (Lipinski definition) is 2. The SMILES string of the molecule is CNc1ncc(Br)c(NCC2CN(C)CCN2C)n1. The van der Waals surface area contributed by atoms with Crippen LogP contribution in [-0.2, 0) is 0 Å². The van der Waals surface area contributed by atoms with E-state index in [0.29, 0.717) is 12.0 Å². The molecule has 0 aromatic carbocycles. The maximum atomic E-state index is 4.41. The lowest BCUT2D eigenvalue weighted by atomic mass is 10.2. The standard InChI is InChI=1S/C12H21BrN6/c1-14-12-16-7-10(13)11(17-12)15-6-9-8-18(2)4-5-19(9)3/h7,9H,4-6,8H2,1-3H3,(H2,14,15,16,17). The highest BCUT2D eigenvalue weighted by Gasteiger charge is 2.22. The van der Waals surface area contributed by atoms with Gasteiger partial charge in [-0.05, 0) is 30.0 Å². The second-order valence-corrected chi connectivity index (χ2v) is 5.77. The number of rotatable bonds is 4. The Kier molecular flexibility index (Phi) is 4.95. The zero-order chi connectivity index (χ0) is 13.8. The Hall–Kier alpha value is -0.920. The maximum Gasteiger partial charge on any atom is 0.224 e. The summed E-state index contributed by atoms with van der Waals surface area (Å²) in [4.78, 5) is 13.3. The zero-order valence-electron chi connectivity index (χ0n) is 11.6. The molecule has 19 heavy (non-hydrogen) atoms. The summed E-state index contributed by atoms with van der Waals surface area (Å²) in [5.41, 5.74) is 0. The van der Waals surface area contributed by atoms with Gasteiger partial charge in [0.2, 0.25) is 5.95 Å². The van der Waals surface area contributed by atoms with E-state index in [4.69, 9.17) is 0 Å². The van der Waals surface area contributed by atoms with Crippen molar-refractivity contribution in [1.29, 1.82) is 0 Å². The number of halogens is 1. The van der Waals surface area contributed by atoms with Gasteiger partial charge < -0.3 is 15.5 Å². The molecule has 0 aliphatic carbocycles. The van der Waals surface area contributed by atoms with Crippen LogP contribution in [0.3, 0.4) is 0 Å². The fraction of sp³-hybridized carbons (Fsp3) is 0.667. The fourth-order valence-corrected chi connectivity index (χ4v) is 2.48. The summed E-state index contributed by atoms with van der Waals surface area (Å²) in [5.74, 6) is 1.46. The lowest BCUT2D eigenvalue weighted by Gasteiger charge is -2.37. The highest BCUT2D eigenvalue weighted by Crippen LogP contribution is 2.20. The Bertz CT molecular complexity index is 427. The third-order valence-electron chi connectivity index (χ3n) is 3.45. The van der Waals surface area contributed by atoms with Crippen LogP contribution in [0.15, 0.2) is 10.7 Å². The molecule has 6 nitrogen and oxygen atoms in total. The molecular formula is C12H21BrN6. The first-order valence-corrected chi connectivity index (χ1v) is 7.22. The molecule has 2 heterocycles. The van der Waals surface area contributed by atoms with Crippen LogP contribution in [0.1, 0.15) is 0 Å². The van der Waals surface area contributed by atoms with E-state index in [1.165, 1.54) is 0 Å². The average Bonchev–Trinajstić information content (AvgIpc) is 2.41. The van der Waals surface area contributed by atoms with Crippen LogP contribution in [-0.4, -0.2) is 73.1 Å². The van der Waals surface area contributed by atoms with E-state index in [2.05, 4.69) is 60.4 Å². The lowest BCUT2D eigenvalue weighted by Crippen LogP contribution is -2.52. The van der Waals surface area contributed by atoms with Gasteiger partial charge in [0, 0.05) is 45.5 Å². The minimum Gasteiger partial charge on any atom is -0.367 e. The summed E-state index contributed by atoms with van der Waals surface area (Å²) in [6.45, 7) is 4.19. The van der Waals surface area contributed by atoms with Crippen molar-refractivity contribution in [3.8, 4) is 0 Å². The largest absolute Gasteiger partial charge is 0.367 e. The van der Waals surface area contributed by atoms with Crippen molar-refractivity contribution >= 4 is 27.7 Å². The lowest BCUT2D eigenvalue weighted by molar-refractivity contribution is 0.122. The molecule has 1 atom stereocenters. The van der Waals surface area contributed by atoms with Crippen molar-refractivity contribution in [3.63, 3.8) is 0 Å². The van der Waals surface area contributed by atoms with Gasteiger partial charge in [-0.3, -0.25) is 4.90 Å². The molecule has 0 saturated carbocycles. The predicted octanol–water partition coefficient (Wildman–Crippen LogP) is 0.938. The van der Waals surface area contributed by atoms with Gasteiger partial charge in [-0.25, -0.2) is 4.98 Å². The Morgan fingerprint density at radius 2 is 2.21 bits per heavy atom. The molecule has 2 rings (SSSR count). The van der Waals surface area contributed by atoms with Gasteiger partial charge >= 0.3 is 0 Å². The number of aromatic nitrogens is 2. The number of nitrogens with zero attached hydrogens (tertiary/aromatic N) is 4. The molecule has 0 spiro atoms. The predicted molar refractivity (Wildman–Crippen MR) is 81.7 cm³/mol. The van der Waals surface area contributed by atoms with Crippen molar-refractivity contribution in [2.24, 2.45) is 0 Å². The molecule has 1 aliphatic heterocycles. The van der Waals surface area contributed by atoms with Gasteiger partial charge in [0.05, 0.1) is 4.47 Å². The summed E-state index contributed by atoms with van der Waals surface area (Å²) in [6, 6.07) is 0.499. The van der Waals surface area contributed by atoms with E-state index in [0.717, 1.165) is 36.5 Å². The highest BCUT2D eigenvalue weighted by atomic mass is 79.9. The molecule has 1 saturated heterocycles. The molecule has 1 aliphatic rings. The Labute approximate surface area is 122 Å². The Morgan fingerprint density at radius 3 is 2.95 bits per heavy atom. The van der Waals surface area contributed by atoms with E-state index in [-0.39, 0.29) is 0 Å². The van der Waals surface area contributed by atoms with Crippen molar-refractivity contribution < 1.29 is 0 Å². The first-order valence-electron chi connectivity index (χ1n) is 6.43. The second kappa shape index (κ2) is 6.49. The highest BCUT2D eigenvalue weighted by molar-refractivity contribution is 9.10. The summed E-state index contributed by atoms with van der Waals surface area (Å²) in [7, 11) is 6.16. The topological polar surface area (TPSA) is 56.3 Å². The quantitative estimate of drug-likeness (QED) is 0.857. The van der Waals surface area contributed by atoms with Crippen LogP contribution in [0.25, 0.3) is 0 Å². The van der Waals surface area contributed by atoms with E-state index < -0.39 is 0 Å². The van der Waals surface area contributed by atoms with Crippen LogP contribution in [0.4, 0.5) is 11.8 Å². The minimum atomic E-state index is 0.499. The average molecular weight is 329 g/mol. The van der Waals surface area contributed by atoms with Crippen molar-refractivity contribution in [1.82, 2.24) is 19.8 Å². The van der Waals surface area contributed by atoms with Crippen LogP contribution < -0.4 is 10.6 Å². The number of piperazine rings is 1. The molecule has 1 fully saturated rings. The number of hydrogen-bond acceptors (Lipinski definition) is 6. The number of likely N-dealkylation sites (N-methyl/N-ethyl adjacent to an activating group) is 2. The number of nitrogens with one attached hydrogen (secondary N) is 2. The van der Waals surface area contributed by atoms with Gasteiger partial charge in [-0.2, -0.15) is 4.98 Å². The molecule has 0 radical (unpaired) electrons. The van der Waals surface area contributed by atoms with Crippen LogP contribution in [0, 0.1) is 0 Å². The molecule has 1 aromatic heterocycles. The first-order chi connectivity index (χ1) is 9.10. The van der Waals surface area contributed by atoms with E-state index in [1.54, 1.807) is 6.20 Å². The van der Waals surface area contributed by atoms with E-state index in [9.17, 15) is 0 Å². The molecular weight excluding hydrogens is 308 g/mol. The first kappa shape index (κ1) is 14.5. The fourth-order valence-electron chi connectivity index (χ4n) is 2.15. The Balaban J connectivity index is 1.97. The van der Waals surface area contributed by atoms with Crippen molar-refractivity contribution in [2.75, 3.05) is 58.0 Å². The van der Waals surface area contributed by atoms with Crippen molar-refractivity contribution in [2.45, 2.75) is 6.04 Å². The zero-order valence-corrected chi connectivity index (χ0v) is 13.2. The Morgan fingerprint density at radius 1 is 1.42 bits per heavy atom. The molecule has 1 unspecified atom stereocenters. The van der Waals surface area contributed by atoms with Gasteiger partial charge in [-0.15, -0.1) is 0 Å². The van der Waals surface area contributed by atoms with E-state index >= 15 is 0 Å². The smallest absolute Gasteiger partial charge is 0.224 e. The van der Waals surface area contributed by atoms with Crippen LogP contribution in [0.2, 0.25) is 0 Å². The number of anilines is 2. The van der Waals surface area contributed by atoms with Gasteiger partial charge in [-0.1, -0.05) is 0 Å².